The van der Waals surface area contributed by atoms with Gasteiger partial charge in [0.25, 0.3) is 0 Å². The monoisotopic (exact) mass is 247 g/mol. The molecule has 1 aromatic heterocycles. The summed E-state index contributed by atoms with van der Waals surface area (Å²) in [6, 6.07) is 0. The number of aromatic nitrogens is 2. The Balaban J connectivity index is 1.93. The third-order valence-corrected chi connectivity index (χ3v) is 3.83. The predicted octanol–water partition coefficient (Wildman–Crippen LogP) is 0.183. The Hall–Kier alpha value is -1.20. The Labute approximate surface area is 108 Å². The number of hydrogen-bond donors (Lipinski definition) is 1. The van der Waals surface area contributed by atoms with Gasteiger partial charge in [0.1, 0.15) is 11.6 Å². The molecule has 2 aliphatic heterocycles. The maximum Gasteiger partial charge on any atom is 0.137 e. The van der Waals surface area contributed by atoms with Crippen molar-refractivity contribution in [2.45, 2.75) is 19.9 Å². The van der Waals surface area contributed by atoms with Crippen molar-refractivity contribution >= 4 is 5.82 Å². The average molecular weight is 247 g/mol. The lowest BCUT2D eigenvalue weighted by atomic mass is 10.1. The van der Waals surface area contributed by atoms with Crippen molar-refractivity contribution in [1.29, 1.82) is 0 Å². The van der Waals surface area contributed by atoms with Gasteiger partial charge in [0.15, 0.2) is 0 Å². The van der Waals surface area contributed by atoms with Gasteiger partial charge in [-0.3, -0.25) is 0 Å². The Morgan fingerprint density at radius 2 is 1.89 bits per heavy atom. The Bertz CT molecular complexity index is 437. The Kier molecular flexibility index (Phi) is 3.18. The van der Waals surface area contributed by atoms with E-state index in [4.69, 9.17) is 4.98 Å². The van der Waals surface area contributed by atoms with Crippen LogP contribution in [0.15, 0.2) is 0 Å². The number of anilines is 1. The summed E-state index contributed by atoms with van der Waals surface area (Å²) in [5, 5.41) is 3.43. The second-order valence-electron chi connectivity index (χ2n) is 5.24. The van der Waals surface area contributed by atoms with Crippen LogP contribution in [0.5, 0.6) is 0 Å². The van der Waals surface area contributed by atoms with Gasteiger partial charge < -0.3 is 15.1 Å². The van der Waals surface area contributed by atoms with Gasteiger partial charge in [0, 0.05) is 51.3 Å². The molecule has 5 nitrogen and oxygen atoms in total. The van der Waals surface area contributed by atoms with Gasteiger partial charge in [-0.05, 0) is 14.0 Å². The minimum Gasteiger partial charge on any atom is -0.354 e. The van der Waals surface area contributed by atoms with Crippen LogP contribution in [0, 0.1) is 6.92 Å². The highest BCUT2D eigenvalue weighted by atomic mass is 15.3. The van der Waals surface area contributed by atoms with Crippen molar-refractivity contribution in [1.82, 2.24) is 20.2 Å². The zero-order valence-electron chi connectivity index (χ0n) is 11.2. The lowest BCUT2D eigenvalue weighted by Crippen LogP contribution is -2.45. The molecule has 98 valence electrons. The fourth-order valence-corrected chi connectivity index (χ4v) is 2.73. The first-order valence-electron chi connectivity index (χ1n) is 6.74. The molecule has 0 aromatic carbocycles. The van der Waals surface area contributed by atoms with Gasteiger partial charge in [0.05, 0.1) is 5.69 Å². The molecule has 18 heavy (non-hydrogen) atoms. The summed E-state index contributed by atoms with van der Waals surface area (Å²) in [6.45, 7) is 8.32. The zero-order chi connectivity index (χ0) is 12.5. The van der Waals surface area contributed by atoms with Crippen molar-refractivity contribution in [3.8, 4) is 0 Å². The number of aryl methyl sites for hydroxylation is 1. The summed E-state index contributed by atoms with van der Waals surface area (Å²) in [6.07, 6.45) is 1.03. The topological polar surface area (TPSA) is 44.3 Å². The normalized spacial score (nSPS) is 20.9. The molecule has 2 aliphatic rings. The second-order valence-corrected chi connectivity index (χ2v) is 5.24. The molecule has 3 heterocycles. The highest BCUT2D eigenvalue weighted by molar-refractivity contribution is 5.50. The molecule has 0 bridgehead atoms. The molecule has 1 N–H and O–H groups in total. The predicted molar refractivity (Wildman–Crippen MR) is 71.9 cm³/mol. The van der Waals surface area contributed by atoms with Crippen molar-refractivity contribution in [2.75, 3.05) is 44.7 Å². The summed E-state index contributed by atoms with van der Waals surface area (Å²) < 4.78 is 0. The molecule has 3 rings (SSSR count). The molecule has 0 amide bonds. The first kappa shape index (κ1) is 11.9. The molecule has 1 saturated heterocycles. The van der Waals surface area contributed by atoms with Gasteiger partial charge in [0.2, 0.25) is 0 Å². The summed E-state index contributed by atoms with van der Waals surface area (Å²) in [7, 11) is 2.18. The maximum atomic E-state index is 4.69. The third-order valence-electron chi connectivity index (χ3n) is 3.83. The van der Waals surface area contributed by atoms with Crippen LogP contribution in [0.3, 0.4) is 0 Å². The van der Waals surface area contributed by atoms with E-state index in [0.717, 1.165) is 57.3 Å². The lowest BCUT2D eigenvalue weighted by Gasteiger charge is -2.35. The van der Waals surface area contributed by atoms with Gasteiger partial charge >= 0.3 is 0 Å². The van der Waals surface area contributed by atoms with Crippen LogP contribution in [-0.4, -0.2) is 54.6 Å². The van der Waals surface area contributed by atoms with E-state index in [9.17, 15) is 0 Å². The highest BCUT2D eigenvalue weighted by Crippen LogP contribution is 2.24. The molecular weight excluding hydrogens is 226 g/mol. The van der Waals surface area contributed by atoms with Gasteiger partial charge in [-0.15, -0.1) is 0 Å². The van der Waals surface area contributed by atoms with E-state index in [1.807, 2.05) is 6.92 Å². The minimum atomic E-state index is 0.907. The van der Waals surface area contributed by atoms with E-state index in [2.05, 4.69) is 27.1 Å². The van der Waals surface area contributed by atoms with Crippen LogP contribution < -0.4 is 10.2 Å². The van der Waals surface area contributed by atoms with E-state index in [1.165, 1.54) is 11.3 Å². The average Bonchev–Trinajstić information content (AvgIpc) is 2.38. The van der Waals surface area contributed by atoms with Crippen LogP contribution >= 0.6 is 0 Å². The molecular formula is C13H21N5. The van der Waals surface area contributed by atoms with Crippen LogP contribution in [0.4, 0.5) is 5.82 Å². The van der Waals surface area contributed by atoms with Crippen LogP contribution in [0.1, 0.15) is 17.1 Å². The molecule has 5 heteroatoms. The fraction of sp³-hybridized carbons (Fsp3) is 0.692. The maximum absolute atomic E-state index is 4.69. The van der Waals surface area contributed by atoms with E-state index >= 15 is 0 Å². The summed E-state index contributed by atoms with van der Waals surface area (Å²) in [5.74, 6) is 2.07. The molecule has 0 atom stereocenters. The van der Waals surface area contributed by atoms with Crippen molar-refractivity contribution < 1.29 is 0 Å². The quantitative estimate of drug-likeness (QED) is 0.767. The van der Waals surface area contributed by atoms with Gasteiger partial charge in [-0.1, -0.05) is 0 Å². The molecule has 0 saturated carbocycles. The smallest absolute Gasteiger partial charge is 0.137 e. The Morgan fingerprint density at radius 3 is 2.67 bits per heavy atom. The highest BCUT2D eigenvalue weighted by Gasteiger charge is 2.22. The van der Waals surface area contributed by atoms with E-state index in [0.29, 0.717) is 0 Å². The number of rotatable bonds is 1. The number of fused-ring (bicyclic) bond motifs is 1. The Morgan fingerprint density at radius 1 is 1.11 bits per heavy atom. The van der Waals surface area contributed by atoms with Crippen molar-refractivity contribution in [3.63, 3.8) is 0 Å². The standard InChI is InChI=1S/C13H21N5/c1-10-15-12-3-4-14-9-11(12)13(16-10)18-7-5-17(2)6-8-18/h14H,3-9H2,1-2H3. The summed E-state index contributed by atoms with van der Waals surface area (Å²) in [4.78, 5) is 14.1. The first-order valence-corrected chi connectivity index (χ1v) is 6.74. The van der Waals surface area contributed by atoms with Crippen molar-refractivity contribution in [2.24, 2.45) is 0 Å². The van der Waals surface area contributed by atoms with E-state index < -0.39 is 0 Å². The summed E-state index contributed by atoms with van der Waals surface area (Å²) in [5.41, 5.74) is 2.56. The molecule has 0 spiro atoms. The number of likely N-dealkylation sites (N-methyl/N-ethyl adjacent to an activating group) is 1. The largest absolute Gasteiger partial charge is 0.354 e. The molecule has 1 aromatic rings. The van der Waals surface area contributed by atoms with Crippen LogP contribution in [0.2, 0.25) is 0 Å². The van der Waals surface area contributed by atoms with Gasteiger partial charge in [-0.25, -0.2) is 9.97 Å². The van der Waals surface area contributed by atoms with Crippen LogP contribution in [-0.2, 0) is 13.0 Å². The van der Waals surface area contributed by atoms with E-state index in [1.54, 1.807) is 0 Å². The van der Waals surface area contributed by atoms with Crippen molar-refractivity contribution in [3.05, 3.63) is 17.1 Å². The zero-order valence-corrected chi connectivity index (χ0v) is 11.2. The van der Waals surface area contributed by atoms with Crippen LogP contribution in [0.25, 0.3) is 0 Å². The fourth-order valence-electron chi connectivity index (χ4n) is 2.73. The molecule has 1 fully saturated rings. The number of nitrogens with zero attached hydrogens (tertiary/aromatic N) is 4. The molecule has 0 unspecified atom stereocenters. The summed E-state index contributed by atoms with van der Waals surface area (Å²) >= 11 is 0. The SMILES string of the molecule is Cc1nc2c(c(N3CCN(C)CC3)n1)CNCC2. The molecule has 0 radical (unpaired) electrons. The number of hydrogen-bond acceptors (Lipinski definition) is 5. The lowest BCUT2D eigenvalue weighted by molar-refractivity contribution is 0.311. The minimum absolute atomic E-state index is 0.907. The van der Waals surface area contributed by atoms with E-state index in [-0.39, 0.29) is 0 Å². The molecule has 0 aliphatic carbocycles. The second kappa shape index (κ2) is 4.82. The number of piperazine rings is 1. The first-order chi connectivity index (χ1) is 8.74. The third kappa shape index (κ3) is 2.20. The number of nitrogens with one attached hydrogen (secondary N) is 1. The van der Waals surface area contributed by atoms with Gasteiger partial charge in [-0.2, -0.15) is 0 Å².